The van der Waals surface area contributed by atoms with Gasteiger partial charge in [0.25, 0.3) is 0 Å². The Morgan fingerprint density at radius 1 is 1.23 bits per heavy atom. The maximum absolute atomic E-state index is 5.37. The largest absolute Gasteiger partial charge is 0.387 e. The lowest BCUT2D eigenvalue weighted by Crippen LogP contribution is -1.96. The second-order valence-electron chi connectivity index (χ2n) is 2.77. The molecule has 0 heterocycles. The van der Waals surface area contributed by atoms with Crippen molar-refractivity contribution in [2.45, 2.75) is 6.92 Å². The molecule has 0 aliphatic rings. The second kappa shape index (κ2) is 3.70. The van der Waals surface area contributed by atoms with Crippen molar-refractivity contribution < 1.29 is 0 Å². The molecule has 0 amide bonds. The highest BCUT2D eigenvalue weighted by Crippen LogP contribution is 2.20. The molecular formula is C12H11N. The van der Waals surface area contributed by atoms with Gasteiger partial charge >= 0.3 is 0 Å². The Balaban J connectivity index is 3.47. The van der Waals surface area contributed by atoms with Crippen LogP contribution in [-0.2, 0) is 0 Å². The molecule has 0 saturated heterocycles. The fourth-order valence-corrected chi connectivity index (χ4v) is 1.25. The van der Waals surface area contributed by atoms with Gasteiger partial charge < -0.3 is 5.32 Å². The summed E-state index contributed by atoms with van der Waals surface area (Å²) >= 11 is 0. The van der Waals surface area contributed by atoms with Gasteiger partial charge in [0.05, 0.1) is 11.3 Å². The van der Waals surface area contributed by atoms with Crippen LogP contribution in [0.15, 0.2) is 12.1 Å². The zero-order chi connectivity index (χ0) is 9.84. The minimum absolute atomic E-state index is 0.760. The molecule has 1 rings (SSSR count). The van der Waals surface area contributed by atoms with E-state index >= 15 is 0 Å². The summed E-state index contributed by atoms with van der Waals surface area (Å²) in [7, 11) is 1.83. The van der Waals surface area contributed by atoms with E-state index in [9.17, 15) is 0 Å². The normalized spacial score (nSPS) is 8.62. The molecule has 1 heteroatoms. The lowest BCUT2D eigenvalue weighted by Gasteiger charge is -2.07. The van der Waals surface area contributed by atoms with E-state index in [1.807, 2.05) is 26.1 Å². The average molecular weight is 169 g/mol. The maximum atomic E-state index is 5.37. The maximum Gasteiger partial charge on any atom is 0.0630 e. The fourth-order valence-electron chi connectivity index (χ4n) is 1.25. The van der Waals surface area contributed by atoms with Crippen LogP contribution in [0.1, 0.15) is 16.7 Å². The van der Waals surface area contributed by atoms with Crippen LogP contribution in [-0.4, -0.2) is 7.05 Å². The molecule has 0 aromatic heterocycles. The molecule has 0 bridgehead atoms. The molecule has 1 aromatic rings. The van der Waals surface area contributed by atoms with Crippen LogP contribution in [0.3, 0.4) is 0 Å². The number of hydrogen-bond acceptors (Lipinski definition) is 1. The van der Waals surface area contributed by atoms with E-state index in [0.29, 0.717) is 0 Å². The van der Waals surface area contributed by atoms with Crippen molar-refractivity contribution >= 4 is 5.69 Å². The lowest BCUT2D eigenvalue weighted by atomic mass is 10.0. The van der Waals surface area contributed by atoms with Crippen molar-refractivity contribution in [3.05, 3.63) is 28.8 Å². The lowest BCUT2D eigenvalue weighted by molar-refractivity contribution is 1.40. The Labute approximate surface area is 79.2 Å². The Morgan fingerprint density at radius 3 is 2.38 bits per heavy atom. The number of terminal acetylenes is 2. The third kappa shape index (κ3) is 1.66. The van der Waals surface area contributed by atoms with Gasteiger partial charge in [0, 0.05) is 12.6 Å². The van der Waals surface area contributed by atoms with E-state index in [1.54, 1.807) is 0 Å². The van der Waals surface area contributed by atoms with E-state index in [2.05, 4.69) is 17.2 Å². The number of nitrogens with one attached hydrogen (secondary N) is 1. The minimum Gasteiger partial charge on any atom is -0.387 e. The third-order valence-corrected chi connectivity index (χ3v) is 1.85. The van der Waals surface area contributed by atoms with Gasteiger partial charge in [-0.15, -0.1) is 12.8 Å². The molecule has 0 aliphatic carbocycles. The Kier molecular flexibility index (Phi) is 2.62. The van der Waals surface area contributed by atoms with Crippen molar-refractivity contribution in [1.82, 2.24) is 0 Å². The standard InChI is InChI=1S/C12H11N/c1-5-10-7-9(3)8-12(13-4)11(10)6-2/h1-2,7-8,13H,3-4H3. The van der Waals surface area contributed by atoms with Crippen LogP contribution in [0.4, 0.5) is 5.69 Å². The van der Waals surface area contributed by atoms with Crippen molar-refractivity contribution in [3.8, 4) is 24.7 Å². The van der Waals surface area contributed by atoms with Crippen LogP contribution >= 0.6 is 0 Å². The summed E-state index contributed by atoms with van der Waals surface area (Å²) in [5.41, 5.74) is 3.55. The molecular weight excluding hydrogens is 158 g/mol. The highest BCUT2D eigenvalue weighted by Gasteiger charge is 2.03. The van der Waals surface area contributed by atoms with E-state index < -0.39 is 0 Å². The highest BCUT2D eigenvalue weighted by atomic mass is 14.8. The smallest absolute Gasteiger partial charge is 0.0630 e. The van der Waals surface area contributed by atoms with Crippen LogP contribution in [0.5, 0.6) is 0 Å². The van der Waals surface area contributed by atoms with E-state index in [4.69, 9.17) is 12.8 Å². The quantitative estimate of drug-likeness (QED) is 0.634. The third-order valence-electron chi connectivity index (χ3n) is 1.85. The number of anilines is 1. The Bertz CT molecular complexity index is 402. The molecule has 0 fully saturated rings. The second-order valence-corrected chi connectivity index (χ2v) is 2.77. The molecule has 13 heavy (non-hydrogen) atoms. The van der Waals surface area contributed by atoms with Gasteiger partial charge in [0.1, 0.15) is 0 Å². The van der Waals surface area contributed by atoms with Gasteiger partial charge in [-0.25, -0.2) is 0 Å². The summed E-state index contributed by atoms with van der Waals surface area (Å²) in [6.45, 7) is 1.99. The number of hydrogen-bond donors (Lipinski definition) is 1. The first-order chi connectivity index (χ1) is 6.22. The van der Waals surface area contributed by atoms with Crippen LogP contribution < -0.4 is 5.32 Å². The summed E-state index contributed by atoms with van der Waals surface area (Å²) in [4.78, 5) is 0. The molecule has 0 radical (unpaired) electrons. The summed E-state index contributed by atoms with van der Waals surface area (Å²) in [6, 6.07) is 3.89. The monoisotopic (exact) mass is 169 g/mol. The summed E-state index contributed by atoms with van der Waals surface area (Å²) in [5, 5.41) is 3.02. The van der Waals surface area contributed by atoms with Gasteiger partial charge in [-0.1, -0.05) is 11.8 Å². The van der Waals surface area contributed by atoms with Crippen molar-refractivity contribution in [2.24, 2.45) is 0 Å². The first-order valence-corrected chi connectivity index (χ1v) is 3.98. The minimum atomic E-state index is 0.760. The molecule has 1 N–H and O–H groups in total. The van der Waals surface area contributed by atoms with E-state index in [1.165, 1.54) is 0 Å². The molecule has 0 unspecified atom stereocenters. The number of aryl methyl sites for hydroxylation is 1. The van der Waals surface area contributed by atoms with Gasteiger partial charge in [-0.2, -0.15) is 0 Å². The van der Waals surface area contributed by atoms with Crippen molar-refractivity contribution in [3.63, 3.8) is 0 Å². The van der Waals surface area contributed by atoms with Gasteiger partial charge in [-0.05, 0) is 24.6 Å². The van der Waals surface area contributed by atoms with Crippen LogP contribution in [0.2, 0.25) is 0 Å². The SMILES string of the molecule is C#Cc1cc(C)cc(NC)c1C#C. The van der Waals surface area contributed by atoms with Crippen molar-refractivity contribution in [1.29, 1.82) is 0 Å². The van der Waals surface area contributed by atoms with E-state index in [0.717, 1.165) is 22.4 Å². The molecule has 64 valence electrons. The zero-order valence-corrected chi connectivity index (χ0v) is 7.81. The zero-order valence-electron chi connectivity index (χ0n) is 7.81. The molecule has 0 aliphatic heterocycles. The highest BCUT2D eigenvalue weighted by molar-refractivity contribution is 5.66. The summed E-state index contributed by atoms with van der Waals surface area (Å²) in [6.07, 6.45) is 10.7. The van der Waals surface area contributed by atoms with Gasteiger partial charge in [0.2, 0.25) is 0 Å². The molecule has 0 atom stereocenters. The average Bonchev–Trinajstić information content (AvgIpc) is 2.16. The summed E-state index contributed by atoms with van der Waals surface area (Å²) < 4.78 is 0. The van der Waals surface area contributed by atoms with Crippen LogP contribution in [0.25, 0.3) is 0 Å². The molecule has 0 saturated carbocycles. The van der Waals surface area contributed by atoms with E-state index in [-0.39, 0.29) is 0 Å². The molecule has 1 aromatic carbocycles. The Morgan fingerprint density at radius 2 is 1.92 bits per heavy atom. The topological polar surface area (TPSA) is 12.0 Å². The molecule has 1 nitrogen and oxygen atoms in total. The van der Waals surface area contributed by atoms with Crippen LogP contribution in [0, 0.1) is 31.6 Å². The first-order valence-electron chi connectivity index (χ1n) is 3.98. The van der Waals surface area contributed by atoms with Crippen molar-refractivity contribution in [2.75, 3.05) is 12.4 Å². The number of benzene rings is 1. The predicted octanol–water partition coefficient (Wildman–Crippen LogP) is 2.00. The van der Waals surface area contributed by atoms with Gasteiger partial charge in [-0.3, -0.25) is 0 Å². The number of rotatable bonds is 1. The first kappa shape index (κ1) is 9.23. The fraction of sp³-hybridized carbons (Fsp3) is 0.167. The molecule has 0 spiro atoms. The van der Waals surface area contributed by atoms with Gasteiger partial charge in [0.15, 0.2) is 0 Å². The Hall–Kier alpha value is -1.86. The predicted molar refractivity (Wildman–Crippen MR) is 56.6 cm³/mol. The summed E-state index contributed by atoms with van der Waals surface area (Å²) in [5.74, 6) is 5.17.